The summed E-state index contributed by atoms with van der Waals surface area (Å²) in [5, 5.41) is 2.93. The van der Waals surface area contributed by atoms with Crippen LogP contribution in [0.2, 0.25) is 0 Å². The molecule has 0 spiro atoms. The van der Waals surface area contributed by atoms with Gasteiger partial charge in [0.15, 0.2) is 0 Å². The van der Waals surface area contributed by atoms with E-state index in [-0.39, 0.29) is 24.3 Å². The lowest BCUT2D eigenvalue weighted by molar-refractivity contribution is -0.136. The van der Waals surface area contributed by atoms with E-state index in [4.69, 9.17) is 0 Å². The Morgan fingerprint density at radius 3 is 2.23 bits per heavy atom. The number of hydrogen-bond donors (Lipinski definition) is 1. The fourth-order valence-electron chi connectivity index (χ4n) is 2.78. The third-order valence-electron chi connectivity index (χ3n) is 3.84. The smallest absolute Gasteiger partial charge is 0.243 e. The Kier molecular flexibility index (Phi) is 6.60. The molecular weight excluding hydrogens is 276 g/mol. The summed E-state index contributed by atoms with van der Waals surface area (Å²) in [6.45, 7) is 10.0. The molecule has 1 aromatic carbocycles. The molecule has 4 nitrogen and oxygen atoms in total. The van der Waals surface area contributed by atoms with Gasteiger partial charge in [-0.2, -0.15) is 0 Å². The van der Waals surface area contributed by atoms with Crippen molar-refractivity contribution in [3.63, 3.8) is 0 Å². The van der Waals surface area contributed by atoms with Crippen LogP contribution in [0.25, 0.3) is 0 Å². The van der Waals surface area contributed by atoms with Gasteiger partial charge in [0.25, 0.3) is 0 Å². The maximum Gasteiger partial charge on any atom is 0.243 e. The highest BCUT2D eigenvalue weighted by Crippen LogP contribution is 2.21. The highest BCUT2D eigenvalue weighted by molar-refractivity contribution is 5.96. The zero-order valence-corrected chi connectivity index (χ0v) is 14.6. The van der Waals surface area contributed by atoms with E-state index in [1.807, 2.05) is 39.8 Å². The van der Waals surface area contributed by atoms with Gasteiger partial charge in [0.05, 0.1) is 6.54 Å². The van der Waals surface area contributed by atoms with Gasteiger partial charge in [0, 0.05) is 18.7 Å². The van der Waals surface area contributed by atoms with E-state index in [0.717, 1.165) is 29.7 Å². The second-order valence-corrected chi connectivity index (χ2v) is 6.21. The minimum atomic E-state index is -0.158. The molecule has 122 valence electrons. The number of likely N-dealkylation sites (N-methyl/N-ethyl adjacent to an activating group) is 1. The van der Waals surface area contributed by atoms with Crippen molar-refractivity contribution in [1.82, 2.24) is 4.90 Å². The summed E-state index contributed by atoms with van der Waals surface area (Å²) in [5.74, 6) is -0.172. The van der Waals surface area contributed by atoms with Crippen LogP contribution in [0.1, 0.15) is 43.4 Å². The van der Waals surface area contributed by atoms with Gasteiger partial charge in [-0.15, -0.1) is 0 Å². The van der Waals surface area contributed by atoms with Gasteiger partial charge in [-0.25, -0.2) is 0 Å². The first-order valence-electron chi connectivity index (χ1n) is 7.88. The SMILES string of the molecule is CCCC(C)C(=O)N(C)CC(=O)Nc1c(C)cc(C)cc1C. The molecule has 22 heavy (non-hydrogen) atoms. The summed E-state index contributed by atoms with van der Waals surface area (Å²) in [5.41, 5.74) is 4.10. The predicted octanol–water partition coefficient (Wildman–Crippen LogP) is 3.44. The first kappa shape index (κ1) is 18.2. The van der Waals surface area contributed by atoms with Crippen LogP contribution in [0.4, 0.5) is 5.69 Å². The zero-order chi connectivity index (χ0) is 16.9. The average molecular weight is 304 g/mol. The Morgan fingerprint density at radius 1 is 1.18 bits per heavy atom. The Labute approximate surface area is 133 Å². The van der Waals surface area contributed by atoms with Crippen LogP contribution in [0.15, 0.2) is 12.1 Å². The number of benzene rings is 1. The monoisotopic (exact) mass is 304 g/mol. The van der Waals surface area contributed by atoms with E-state index in [1.54, 1.807) is 7.05 Å². The molecule has 1 N–H and O–H groups in total. The van der Waals surface area contributed by atoms with E-state index in [2.05, 4.69) is 12.2 Å². The molecule has 0 radical (unpaired) electrons. The molecule has 0 heterocycles. The fourth-order valence-corrected chi connectivity index (χ4v) is 2.78. The van der Waals surface area contributed by atoms with Gasteiger partial charge < -0.3 is 10.2 Å². The van der Waals surface area contributed by atoms with Crippen molar-refractivity contribution in [1.29, 1.82) is 0 Å². The predicted molar refractivity (Wildman–Crippen MR) is 91.0 cm³/mol. The Bertz CT molecular complexity index is 529. The van der Waals surface area contributed by atoms with Crippen molar-refractivity contribution in [2.24, 2.45) is 5.92 Å². The van der Waals surface area contributed by atoms with Crippen molar-refractivity contribution in [2.45, 2.75) is 47.5 Å². The highest BCUT2D eigenvalue weighted by atomic mass is 16.2. The summed E-state index contributed by atoms with van der Waals surface area (Å²) in [7, 11) is 1.68. The molecule has 0 saturated heterocycles. The Balaban J connectivity index is 2.69. The first-order valence-corrected chi connectivity index (χ1v) is 7.88. The number of anilines is 1. The van der Waals surface area contributed by atoms with Crippen LogP contribution in [0, 0.1) is 26.7 Å². The molecule has 0 bridgehead atoms. The molecule has 1 aromatic rings. The quantitative estimate of drug-likeness (QED) is 0.875. The molecule has 0 aliphatic heterocycles. The molecule has 1 atom stereocenters. The highest BCUT2D eigenvalue weighted by Gasteiger charge is 2.19. The molecule has 0 aliphatic rings. The molecule has 2 amide bonds. The Hall–Kier alpha value is -1.84. The average Bonchev–Trinajstić information content (AvgIpc) is 2.42. The minimum absolute atomic E-state index is 0.0225. The van der Waals surface area contributed by atoms with Crippen molar-refractivity contribution >= 4 is 17.5 Å². The Morgan fingerprint density at radius 2 is 1.73 bits per heavy atom. The van der Waals surface area contributed by atoms with Gasteiger partial charge in [0.2, 0.25) is 11.8 Å². The maximum atomic E-state index is 12.2. The van der Waals surface area contributed by atoms with E-state index < -0.39 is 0 Å². The topological polar surface area (TPSA) is 49.4 Å². The van der Waals surface area contributed by atoms with Crippen molar-refractivity contribution in [3.8, 4) is 0 Å². The third-order valence-corrected chi connectivity index (χ3v) is 3.84. The number of rotatable bonds is 6. The molecule has 1 rings (SSSR count). The molecule has 0 saturated carbocycles. The maximum absolute atomic E-state index is 12.2. The molecule has 1 unspecified atom stereocenters. The lowest BCUT2D eigenvalue weighted by Gasteiger charge is -2.21. The second kappa shape index (κ2) is 7.97. The minimum Gasteiger partial charge on any atom is -0.336 e. The molecule has 0 fully saturated rings. The lowest BCUT2D eigenvalue weighted by Crippen LogP contribution is -2.38. The molecule has 0 aliphatic carbocycles. The van der Waals surface area contributed by atoms with Crippen molar-refractivity contribution < 1.29 is 9.59 Å². The molecule has 4 heteroatoms. The van der Waals surface area contributed by atoms with Crippen LogP contribution >= 0.6 is 0 Å². The number of carbonyl (C=O) groups excluding carboxylic acids is 2. The van der Waals surface area contributed by atoms with Gasteiger partial charge >= 0.3 is 0 Å². The fraction of sp³-hybridized carbons (Fsp3) is 0.556. The van der Waals surface area contributed by atoms with E-state index in [1.165, 1.54) is 10.5 Å². The van der Waals surface area contributed by atoms with Crippen molar-refractivity contribution in [3.05, 3.63) is 28.8 Å². The van der Waals surface area contributed by atoms with Gasteiger partial charge in [0.1, 0.15) is 0 Å². The normalized spacial score (nSPS) is 11.9. The summed E-state index contributed by atoms with van der Waals surface area (Å²) in [4.78, 5) is 25.8. The summed E-state index contributed by atoms with van der Waals surface area (Å²) < 4.78 is 0. The van der Waals surface area contributed by atoms with Crippen molar-refractivity contribution in [2.75, 3.05) is 18.9 Å². The van der Waals surface area contributed by atoms with Gasteiger partial charge in [-0.1, -0.05) is 38.0 Å². The van der Waals surface area contributed by atoms with Gasteiger partial charge in [-0.3, -0.25) is 9.59 Å². The van der Waals surface area contributed by atoms with Gasteiger partial charge in [-0.05, 0) is 38.3 Å². The number of amides is 2. The number of carbonyl (C=O) groups is 2. The molecular formula is C18H28N2O2. The first-order chi connectivity index (χ1) is 10.3. The van der Waals surface area contributed by atoms with Crippen LogP contribution in [0.5, 0.6) is 0 Å². The number of aryl methyl sites for hydroxylation is 3. The number of nitrogens with one attached hydrogen (secondary N) is 1. The standard InChI is InChI=1S/C18H28N2O2/c1-7-8-13(3)18(22)20(6)11-16(21)19-17-14(4)9-12(2)10-15(17)5/h9-10,13H,7-8,11H2,1-6H3,(H,19,21). The molecule has 0 aromatic heterocycles. The third kappa shape index (κ3) is 4.86. The summed E-state index contributed by atoms with van der Waals surface area (Å²) in [6, 6.07) is 4.08. The second-order valence-electron chi connectivity index (χ2n) is 6.21. The van der Waals surface area contributed by atoms with Crippen LogP contribution < -0.4 is 5.32 Å². The summed E-state index contributed by atoms with van der Waals surface area (Å²) >= 11 is 0. The largest absolute Gasteiger partial charge is 0.336 e. The van der Waals surface area contributed by atoms with Crippen LogP contribution in [-0.2, 0) is 9.59 Å². The van der Waals surface area contributed by atoms with Crippen LogP contribution in [0.3, 0.4) is 0 Å². The summed E-state index contributed by atoms with van der Waals surface area (Å²) in [6.07, 6.45) is 1.82. The van der Waals surface area contributed by atoms with E-state index in [0.29, 0.717) is 0 Å². The number of nitrogens with zero attached hydrogens (tertiary/aromatic N) is 1. The van der Waals surface area contributed by atoms with Crippen LogP contribution in [-0.4, -0.2) is 30.3 Å². The van der Waals surface area contributed by atoms with E-state index in [9.17, 15) is 9.59 Å². The zero-order valence-electron chi connectivity index (χ0n) is 14.6. The lowest BCUT2D eigenvalue weighted by atomic mass is 10.0. The number of hydrogen-bond acceptors (Lipinski definition) is 2. The van der Waals surface area contributed by atoms with E-state index >= 15 is 0 Å².